The Labute approximate surface area is 107 Å². The molecule has 2 rings (SSSR count). The van der Waals surface area contributed by atoms with Crippen LogP contribution in [-0.2, 0) is 0 Å². The Morgan fingerprint density at radius 2 is 1.72 bits per heavy atom. The van der Waals surface area contributed by atoms with Gasteiger partial charge in [0.15, 0.2) is 0 Å². The first-order valence-corrected chi connectivity index (χ1v) is 6.55. The highest BCUT2D eigenvalue weighted by atomic mass is 16.5. The second kappa shape index (κ2) is 6.37. The van der Waals surface area contributed by atoms with Crippen LogP contribution >= 0.6 is 0 Å². The van der Waals surface area contributed by atoms with Crippen LogP contribution < -0.4 is 15.2 Å². The number of aromatic nitrogens is 3. The Hall–Kier alpha value is -1.59. The average molecular weight is 252 g/mol. The Kier molecular flexibility index (Phi) is 4.55. The van der Waals surface area contributed by atoms with E-state index < -0.39 is 0 Å². The van der Waals surface area contributed by atoms with Crippen LogP contribution in [0.5, 0.6) is 12.0 Å². The normalized spacial score (nSPS) is 16.5. The molecular formula is C12H20N4O2. The summed E-state index contributed by atoms with van der Waals surface area (Å²) in [6.45, 7) is 3.00. The Bertz CT molecular complexity index is 380. The van der Waals surface area contributed by atoms with E-state index in [2.05, 4.69) is 15.0 Å². The van der Waals surface area contributed by atoms with E-state index in [9.17, 15) is 0 Å². The molecule has 0 radical (unpaired) electrons. The van der Waals surface area contributed by atoms with Crippen molar-refractivity contribution in [2.45, 2.75) is 39.0 Å². The third kappa shape index (κ3) is 3.72. The van der Waals surface area contributed by atoms with Crippen molar-refractivity contribution in [3.63, 3.8) is 0 Å². The highest BCUT2D eigenvalue weighted by molar-refractivity contribution is 5.20. The smallest absolute Gasteiger partial charge is 0.324 e. The largest absolute Gasteiger partial charge is 0.464 e. The average Bonchev–Trinajstić information content (AvgIpc) is 2.37. The number of nitrogen functional groups attached to an aromatic ring is 1. The van der Waals surface area contributed by atoms with Crippen molar-refractivity contribution in [1.29, 1.82) is 0 Å². The molecule has 1 aromatic rings. The maximum absolute atomic E-state index is 5.59. The maximum Gasteiger partial charge on any atom is 0.324 e. The fourth-order valence-corrected chi connectivity index (χ4v) is 2.16. The zero-order valence-corrected chi connectivity index (χ0v) is 10.8. The van der Waals surface area contributed by atoms with Crippen molar-refractivity contribution in [2.75, 3.05) is 18.9 Å². The van der Waals surface area contributed by atoms with Crippen LogP contribution in [0.3, 0.4) is 0 Å². The van der Waals surface area contributed by atoms with Gasteiger partial charge in [0.05, 0.1) is 13.2 Å². The Morgan fingerprint density at radius 1 is 1.06 bits per heavy atom. The van der Waals surface area contributed by atoms with Gasteiger partial charge in [0.2, 0.25) is 5.95 Å². The maximum atomic E-state index is 5.59. The fourth-order valence-electron chi connectivity index (χ4n) is 2.16. The predicted octanol–water partition coefficient (Wildman–Crippen LogP) is 1.81. The molecule has 18 heavy (non-hydrogen) atoms. The van der Waals surface area contributed by atoms with Gasteiger partial charge in [-0.25, -0.2) is 0 Å². The first kappa shape index (κ1) is 12.9. The van der Waals surface area contributed by atoms with E-state index >= 15 is 0 Å². The number of anilines is 1. The molecule has 2 N–H and O–H groups in total. The summed E-state index contributed by atoms with van der Waals surface area (Å²) in [4.78, 5) is 11.9. The molecule has 0 aromatic carbocycles. The summed E-state index contributed by atoms with van der Waals surface area (Å²) in [5.41, 5.74) is 5.58. The summed E-state index contributed by atoms with van der Waals surface area (Å²) in [7, 11) is 0. The van der Waals surface area contributed by atoms with Gasteiger partial charge in [0.25, 0.3) is 0 Å². The van der Waals surface area contributed by atoms with Crippen LogP contribution in [0.4, 0.5) is 5.95 Å². The van der Waals surface area contributed by atoms with E-state index in [0.717, 1.165) is 0 Å². The molecule has 1 aromatic heterocycles. The molecule has 0 spiro atoms. The monoisotopic (exact) mass is 252 g/mol. The molecule has 1 saturated carbocycles. The lowest BCUT2D eigenvalue weighted by molar-refractivity contribution is 0.192. The van der Waals surface area contributed by atoms with E-state index in [1.807, 2.05) is 6.92 Å². The molecule has 0 saturated heterocycles. The molecule has 0 atom stereocenters. The van der Waals surface area contributed by atoms with Gasteiger partial charge in [0.1, 0.15) is 0 Å². The first-order chi connectivity index (χ1) is 8.78. The molecule has 6 nitrogen and oxygen atoms in total. The van der Waals surface area contributed by atoms with E-state index in [1.54, 1.807) is 0 Å². The van der Waals surface area contributed by atoms with E-state index in [4.69, 9.17) is 15.2 Å². The number of rotatable bonds is 5. The molecule has 1 heterocycles. The number of hydrogen-bond donors (Lipinski definition) is 1. The third-order valence-electron chi connectivity index (χ3n) is 3.06. The Morgan fingerprint density at radius 3 is 2.39 bits per heavy atom. The van der Waals surface area contributed by atoms with Crippen LogP contribution in [0.2, 0.25) is 0 Å². The zero-order valence-electron chi connectivity index (χ0n) is 10.8. The number of ether oxygens (including phenoxy) is 2. The lowest BCUT2D eigenvalue weighted by Gasteiger charge is -2.20. The van der Waals surface area contributed by atoms with Gasteiger partial charge >= 0.3 is 12.0 Å². The summed E-state index contributed by atoms with van der Waals surface area (Å²) in [5.74, 6) is 0.736. The minimum Gasteiger partial charge on any atom is -0.464 e. The highest BCUT2D eigenvalue weighted by Crippen LogP contribution is 2.24. The zero-order chi connectivity index (χ0) is 12.8. The molecule has 0 bridgehead atoms. The number of nitrogens with two attached hydrogens (primary N) is 1. The molecule has 6 heteroatoms. The van der Waals surface area contributed by atoms with Crippen molar-refractivity contribution in [3.05, 3.63) is 0 Å². The van der Waals surface area contributed by atoms with E-state index in [-0.39, 0.29) is 18.0 Å². The van der Waals surface area contributed by atoms with Crippen LogP contribution in [-0.4, -0.2) is 28.2 Å². The van der Waals surface area contributed by atoms with Crippen molar-refractivity contribution >= 4 is 5.95 Å². The predicted molar refractivity (Wildman–Crippen MR) is 67.5 cm³/mol. The van der Waals surface area contributed by atoms with Gasteiger partial charge in [-0.2, -0.15) is 9.97 Å². The summed E-state index contributed by atoms with van der Waals surface area (Å²) in [5, 5.41) is 0. The van der Waals surface area contributed by atoms with E-state index in [1.165, 1.54) is 32.1 Å². The van der Waals surface area contributed by atoms with E-state index in [0.29, 0.717) is 19.1 Å². The molecular weight excluding hydrogens is 232 g/mol. The van der Waals surface area contributed by atoms with Crippen LogP contribution in [0.1, 0.15) is 39.0 Å². The van der Waals surface area contributed by atoms with Crippen molar-refractivity contribution in [1.82, 2.24) is 15.0 Å². The summed E-state index contributed by atoms with van der Waals surface area (Å²) < 4.78 is 10.8. The van der Waals surface area contributed by atoms with Gasteiger partial charge < -0.3 is 15.2 Å². The quantitative estimate of drug-likeness (QED) is 0.860. The lowest BCUT2D eigenvalue weighted by atomic mass is 9.90. The SMILES string of the molecule is CCOc1nc(N)nc(OCC2CCCCC2)n1. The van der Waals surface area contributed by atoms with Crippen LogP contribution in [0.15, 0.2) is 0 Å². The topological polar surface area (TPSA) is 83.2 Å². The molecule has 1 aliphatic rings. The molecule has 0 amide bonds. The minimum absolute atomic E-state index is 0.132. The second-order valence-corrected chi connectivity index (χ2v) is 4.51. The molecule has 100 valence electrons. The lowest BCUT2D eigenvalue weighted by Crippen LogP contribution is -2.17. The van der Waals surface area contributed by atoms with Gasteiger partial charge in [0, 0.05) is 0 Å². The Balaban J connectivity index is 1.91. The van der Waals surface area contributed by atoms with Crippen molar-refractivity contribution < 1.29 is 9.47 Å². The van der Waals surface area contributed by atoms with Crippen molar-refractivity contribution in [2.24, 2.45) is 5.92 Å². The third-order valence-corrected chi connectivity index (χ3v) is 3.06. The minimum atomic E-state index is 0.132. The molecule has 0 aliphatic heterocycles. The standard InChI is InChI=1S/C12H20N4O2/c1-2-17-11-14-10(13)15-12(16-11)18-8-9-6-4-3-5-7-9/h9H,2-8H2,1H3,(H2,13,14,15,16). The van der Waals surface area contributed by atoms with Gasteiger partial charge in [-0.3, -0.25) is 0 Å². The van der Waals surface area contributed by atoms with Crippen molar-refractivity contribution in [3.8, 4) is 12.0 Å². The highest BCUT2D eigenvalue weighted by Gasteiger charge is 2.15. The van der Waals surface area contributed by atoms with Gasteiger partial charge in [-0.15, -0.1) is 4.98 Å². The summed E-state index contributed by atoms with van der Waals surface area (Å²) in [6, 6.07) is 0.486. The van der Waals surface area contributed by atoms with Crippen LogP contribution in [0, 0.1) is 5.92 Å². The molecule has 1 aliphatic carbocycles. The van der Waals surface area contributed by atoms with Crippen LogP contribution in [0.25, 0.3) is 0 Å². The number of hydrogen-bond acceptors (Lipinski definition) is 6. The number of nitrogens with zero attached hydrogens (tertiary/aromatic N) is 3. The second-order valence-electron chi connectivity index (χ2n) is 4.51. The fraction of sp³-hybridized carbons (Fsp3) is 0.750. The van der Waals surface area contributed by atoms with Gasteiger partial charge in [-0.05, 0) is 25.7 Å². The summed E-state index contributed by atoms with van der Waals surface area (Å²) in [6.07, 6.45) is 6.36. The van der Waals surface area contributed by atoms with Gasteiger partial charge in [-0.1, -0.05) is 19.3 Å². The molecule has 0 unspecified atom stereocenters. The first-order valence-electron chi connectivity index (χ1n) is 6.55. The molecule has 1 fully saturated rings. The summed E-state index contributed by atoms with van der Waals surface area (Å²) >= 11 is 0.